The monoisotopic (exact) mass is 132 g/mol. The van der Waals surface area contributed by atoms with Crippen LogP contribution in [-0.2, 0) is 4.79 Å². The molecule has 0 aliphatic heterocycles. The molecule has 0 bridgehead atoms. The van der Waals surface area contributed by atoms with Crippen LogP contribution in [0.25, 0.3) is 0 Å². The Bertz CT molecular complexity index is 118. The molecule has 0 aliphatic rings. The van der Waals surface area contributed by atoms with Gasteiger partial charge in [0.05, 0.1) is 0 Å². The first-order valence-electron chi connectivity index (χ1n) is 2.12. The number of carbonyl (C=O) groups is 1. The van der Waals surface area contributed by atoms with Gasteiger partial charge in [0.2, 0.25) is 0 Å². The summed E-state index contributed by atoms with van der Waals surface area (Å²) < 4.78 is 0. The quantitative estimate of drug-likeness (QED) is 0.576. The number of rotatable bonds is 2. The van der Waals surface area contributed by atoms with Crippen LogP contribution in [-0.4, -0.2) is 17.3 Å². The normalized spacial score (nSPS) is 11.5. The standard InChI is InChI=1S/C5H8O2S/c1-4(8-2)3-5(6)7/h3H,1-2H3,(H,6,7). The van der Waals surface area contributed by atoms with E-state index in [9.17, 15) is 4.79 Å². The molecule has 0 spiro atoms. The summed E-state index contributed by atoms with van der Waals surface area (Å²) in [6.45, 7) is 1.76. The summed E-state index contributed by atoms with van der Waals surface area (Å²) in [5.74, 6) is -0.878. The zero-order valence-electron chi connectivity index (χ0n) is 4.84. The largest absolute Gasteiger partial charge is 0.478 e. The summed E-state index contributed by atoms with van der Waals surface area (Å²) in [6.07, 6.45) is 3.03. The van der Waals surface area contributed by atoms with Crippen molar-refractivity contribution >= 4 is 17.7 Å². The number of carboxylic acid groups (broad SMARTS) is 1. The van der Waals surface area contributed by atoms with E-state index in [0.717, 1.165) is 4.91 Å². The minimum Gasteiger partial charge on any atom is -0.478 e. The van der Waals surface area contributed by atoms with Gasteiger partial charge in [0.15, 0.2) is 0 Å². The second kappa shape index (κ2) is 3.55. The molecule has 0 rings (SSSR count). The second-order valence-corrected chi connectivity index (χ2v) is 2.35. The fraction of sp³-hybridized carbons (Fsp3) is 0.400. The van der Waals surface area contributed by atoms with E-state index < -0.39 is 5.97 Å². The van der Waals surface area contributed by atoms with Gasteiger partial charge in [-0.05, 0) is 18.1 Å². The Labute approximate surface area is 52.6 Å². The van der Waals surface area contributed by atoms with Crippen LogP contribution < -0.4 is 0 Å². The van der Waals surface area contributed by atoms with E-state index in [4.69, 9.17) is 5.11 Å². The number of aliphatic carboxylic acids is 1. The highest BCUT2D eigenvalue weighted by Gasteiger charge is 1.88. The molecule has 1 N–H and O–H groups in total. The molecule has 0 saturated carbocycles. The summed E-state index contributed by atoms with van der Waals surface area (Å²) in [5, 5.41) is 8.13. The van der Waals surface area contributed by atoms with Crippen LogP contribution in [0.4, 0.5) is 0 Å². The van der Waals surface area contributed by atoms with Crippen molar-refractivity contribution in [1.29, 1.82) is 0 Å². The molecule has 0 fully saturated rings. The van der Waals surface area contributed by atoms with Gasteiger partial charge in [0.1, 0.15) is 0 Å². The minimum atomic E-state index is -0.878. The van der Waals surface area contributed by atoms with Gasteiger partial charge in [-0.15, -0.1) is 11.8 Å². The fourth-order valence-electron chi connectivity index (χ4n) is 0.233. The number of allylic oxidation sites excluding steroid dienone is 1. The van der Waals surface area contributed by atoms with Gasteiger partial charge in [-0.1, -0.05) is 0 Å². The maximum absolute atomic E-state index is 9.88. The van der Waals surface area contributed by atoms with Crippen molar-refractivity contribution in [3.8, 4) is 0 Å². The average molecular weight is 132 g/mol. The molecule has 0 atom stereocenters. The molecule has 0 unspecified atom stereocenters. The Morgan fingerprint density at radius 3 is 2.38 bits per heavy atom. The summed E-state index contributed by atoms with van der Waals surface area (Å²) in [4.78, 5) is 10.7. The summed E-state index contributed by atoms with van der Waals surface area (Å²) in [6, 6.07) is 0. The van der Waals surface area contributed by atoms with Crippen LogP contribution in [0, 0.1) is 0 Å². The van der Waals surface area contributed by atoms with E-state index in [-0.39, 0.29) is 0 Å². The first-order valence-corrected chi connectivity index (χ1v) is 3.34. The molecular formula is C5H8O2S. The van der Waals surface area contributed by atoms with Gasteiger partial charge in [-0.2, -0.15) is 0 Å². The van der Waals surface area contributed by atoms with Gasteiger partial charge in [-0.25, -0.2) is 4.79 Å². The summed E-state index contributed by atoms with van der Waals surface area (Å²) >= 11 is 1.43. The molecule has 0 amide bonds. The maximum Gasteiger partial charge on any atom is 0.329 e. The molecule has 3 heteroatoms. The lowest BCUT2D eigenvalue weighted by atomic mass is 10.5. The van der Waals surface area contributed by atoms with Gasteiger partial charge < -0.3 is 5.11 Å². The minimum absolute atomic E-state index is 0.817. The van der Waals surface area contributed by atoms with E-state index in [2.05, 4.69) is 0 Å². The van der Waals surface area contributed by atoms with E-state index >= 15 is 0 Å². The van der Waals surface area contributed by atoms with Crippen LogP contribution >= 0.6 is 11.8 Å². The highest BCUT2D eigenvalue weighted by Crippen LogP contribution is 2.07. The number of hydrogen-bond donors (Lipinski definition) is 1. The first kappa shape index (κ1) is 7.56. The predicted octanol–water partition coefficient (Wildman–Crippen LogP) is 1.34. The van der Waals surface area contributed by atoms with Crippen molar-refractivity contribution in [3.63, 3.8) is 0 Å². The summed E-state index contributed by atoms with van der Waals surface area (Å²) in [5.41, 5.74) is 0. The lowest BCUT2D eigenvalue weighted by Gasteiger charge is -1.87. The highest BCUT2D eigenvalue weighted by atomic mass is 32.2. The molecule has 0 saturated heterocycles. The van der Waals surface area contributed by atoms with Gasteiger partial charge >= 0.3 is 5.97 Å². The Hall–Kier alpha value is -0.440. The van der Waals surface area contributed by atoms with Crippen LogP contribution in [0.15, 0.2) is 11.0 Å². The third-order valence-electron chi connectivity index (χ3n) is 0.649. The predicted molar refractivity (Wildman–Crippen MR) is 34.9 cm³/mol. The van der Waals surface area contributed by atoms with E-state index in [1.165, 1.54) is 17.8 Å². The summed E-state index contributed by atoms with van der Waals surface area (Å²) in [7, 11) is 0. The molecule has 46 valence electrons. The Morgan fingerprint density at radius 1 is 1.75 bits per heavy atom. The SMILES string of the molecule is CSC(C)=CC(=O)O. The van der Waals surface area contributed by atoms with Crippen molar-refractivity contribution in [1.82, 2.24) is 0 Å². The second-order valence-electron chi connectivity index (χ2n) is 1.30. The van der Waals surface area contributed by atoms with Crippen molar-refractivity contribution < 1.29 is 9.90 Å². The molecule has 0 aromatic rings. The lowest BCUT2D eigenvalue weighted by molar-refractivity contribution is -0.131. The lowest BCUT2D eigenvalue weighted by Crippen LogP contribution is -1.86. The highest BCUT2D eigenvalue weighted by molar-refractivity contribution is 8.02. The molecule has 0 aromatic carbocycles. The number of carboxylic acids is 1. The maximum atomic E-state index is 9.88. The van der Waals surface area contributed by atoms with Crippen molar-refractivity contribution in [2.45, 2.75) is 6.92 Å². The van der Waals surface area contributed by atoms with Crippen LogP contribution in [0.3, 0.4) is 0 Å². The van der Waals surface area contributed by atoms with Gasteiger partial charge in [0, 0.05) is 6.08 Å². The molecule has 8 heavy (non-hydrogen) atoms. The fourth-order valence-corrected chi connectivity index (χ4v) is 0.451. The third-order valence-corrected chi connectivity index (χ3v) is 1.41. The molecule has 0 heterocycles. The zero-order chi connectivity index (χ0) is 6.57. The van der Waals surface area contributed by atoms with Crippen molar-refractivity contribution in [2.75, 3.05) is 6.26 Å². The Kier molecular flexibility index (Phi) is 3.35. The van der Waals surface area contributed by atoms with Gasteiger partial charge in [-0.3, -0.25) is 0 Å². The van der Waals surface area contributed by atoms with Crippen LogP contribution in [0.1, 0.15) is 6.92 Å². The van der Waals surface area contributed by atoms with Gasteiger partial charge in [0.25, 0.3) is 0 Å². The smallest absolute Gasteiger partial charge is 0.329 e. The van der Waals surface area contributed by atoms with E-state index in [1.54, 1.807) is 6.92 Å². The molecule has 0 aromatic heterocycles. The molecule has 2 nitrogen and oxygen atoms in total. The van der Waals surface area contributed by atoms with E-state index in [0.29, 0.717) is 0 Å². The number of thioether (sulfide) groups is 1. The number of hydrogen-bond acceptors (Lipinski definition) is 2. The third kappa shape index (κ3) is 3.74. The molecule has 0 aliphatic carbocycles. The van der Waals surface area contributed by atoms with Crippen LogP contribution in [0.2, 0.25) is 0 Å². The van der Waals surface area contributed by atoms with E-state index in [1.807, 2.05) is 6.26 Å². The van der Waals surface area contributed by atoms with Crippen molar-refractivity contribution in [3.05, 3.63) is 11.0 Å². The molecular weight excluding hydrogens is 124 g/mol. The Balaban J connectivity index is 3.75. The molecule has 0 radical (unpaired) electrons. The first-order chi connectivity index (χ1) is 3.66. The van der Waals surface area contributed by atoms with Crippen molar-refractivity contribution in [2.24, 2.45) is 0 Å². The average Bonchev–Trinajstić information content (AvgIpc) is 1.65. The van der Waals surface area contributed by atoms with Crippen LogP contribution in [0.5, 0.6) is 0 Å². The Morgan fingerprint density at radius 2 is 2.25 bits per heavy atom. The zero-order valence-corrected chi connectivity index (χ0v) is 5.66. The topological polar surface area (TPSA) is 37.3 Å².